The Labute approximate surface area is 177 Å². The molecular weight excluding hydrogens is 425 g/mol. The first kappa shape index (κ1) is 19.7. The summed E-state index contributed by atoms with van der Waals surface area (Å²) in [7, 11) is 0. The maximum absolute atomic E-state index is 13.4. The molecule has 4 aromatic rings. The van der Waals surface area contributed by atoms with E-state index < -0.39 is 34.9 Å². The predicted molar refractivity (Wildman–Crippen MR) is 108 cm³/mol. The molecule has 2 heterocycles. The van der Waals surface area contributed by atoms with Gasteiger partial charge in [-0.05, 0) is 42.5 Å². The highest BCUT2D eigenvalue weighted by atomic mass is 19.4. The Morgan fingerprint density at radius 3 is 2.28 bits per heavy atom. The Morgan fingerprint density at radius 1 is 0.812 bits per heavy atom. The van der Waals surface area contributed by atoms with Gasteiger partial charge in [-0.15, -0.1) is 0 Å². The van der Waals surface area contributed by atoms with Crippen LogP contribution in [0.15, 0.2) is 75.9 Å². The molecule has 6 nitrogen and oxygen atoms in total. The first-order valence-electron chi connectivity index (χ1n) is 9.35. The van der Waals surface area contributed by atoms with Crippen molar-refractivity contribution in [1.82, 2.24) is 4.98 Å². The molecule has 32 heavy (non-hydrogen) atoms. The number of nitrogens with zero attached hydrogens (tertiary/aromatic N) is 2. The number of imide groups is 1. The molecule has 5 rings (SSSR count). The molecule has 0 fully saturated rings. The average Bonchev–Trinajstić information content (AvgIpc) is 3.02. The lowest BCUT2D eigenvalue weighted by molar-refractivity contribution is -0.137. The topological polar surface area (TPSA) is 80.5 Å². The van der Waals surface area contributed by atoms with E-state index in [1.807, 2.05) is 0 Å². The summed E-state index contributed by atoms with van der Waals surface area (Å²) >= 11 is 0. The summed E-state index contributed by atoms with van der Waals surface area (Å²) in [6.45, 7) is 0. The highest BCUT2D eigenvalue weighted by Gasteiger charge is 2.42. The number of carbonyl (C=O) groups excluding carboxylic acids is 2. The van der Waals surface area contributed by atoms with Gasteiger partial charge < -0.3 is 4.42 Å². The molecule has 2 amide bonds. The van der Waals surface area contributed by atoms with Gasteiger partial charge in [0.25, 0.3) is 11.8 Å². The van der Waals surface area contributed by atoms with E-state index in [1.165, 1.54) is 30.3 Å². The summed E-state index contributed by atoms with van der Waals surface area (Å²) in [5, 5.41) is 0.276. The molecular formula is C23H11F3N2O4. The number of hydrogen-bond donors (Lipinski definition) is 0. The number of rotatable bonds is 2. The minimum Gasteiger partial charge on any atom is -0.403 e. The van der Waals surface area contributed by atoms with Crippen molar-refractivity contribution in [2.45, 2.75) is 6.18 Å². The van der Waals surface area contributed by atoms with E-state index in [4.69, 9.17) is 4.42 Å². The van der Waals surface area contributed by atoms with Gasteiger partial charge in [0, 0.05) is 5.56 Å². The van der Waals surface area contributed by atoms with Crippen molar-refractivity contribution >= 4 is 28.4 Å². The number of para-hydroxylation sites is 2. The Balaban J connectivity index is 1.61. The quantitative estimate of drug-likeness (QED) is 0.427. The third-order valence-electron chi connectivity index (χ3n) is 5.12. The first-order chi connectivity index (χ1) is 15.3. The molecule has 1 aromatic heterocycles. The molecule has 0 aliphatic carbocycles. The van der Waals surface area contributed by atoms with Crippen LogP contribution in [0.5, 0.6) is 0 Å². The number of hydrogen-bond acceptors (Lipinski definition) is 5. The van der Waals surface area contributed by atoms with Crippen LogP contribution in [0.3, 0.4) is 0 Å². The number of aromatic nitrogens is 1. The number of carbonyl (C=O) groups is 2. The lowest BCUT2D eigenvalue weighted by Gasteiger charge is -2.19. The molecule has 1 aliphatic rings. The number of fused-ring (bicyclic) bond motifs is 2. The Kier molecular flexibility index (Phi) is 4.23. The van der Waals surface area contributed by atoms with Crippen LogP contribution in [0.4, 0.5) is 18.9 Å². The molecule has 0 saturated heterocycles. The van der Waals surface area contributed by atoms with E-state index >= 15 is 0 Å². The largest absolute Gasteiger partial charge is 0.418 e. The summed E-state index contributed by atoms with van der Waals surface area (Å²) in [6, 6.07) is 14.9. The van der Waals surface area contributed by atoms with Gasteiger partial charge >= 0.3 is 11.8 Å². The Morgan fingerprint density at radius 2 is 1.50 bits per heavy atom. The van der Waals surface area contributed by atoms with Crippen molar-refractivity contribution in [2.75, 3.05) is 4.90 Å². The maximum Gasteiger partial charge on any atom is 0.418 e. The number of anilines is 1. The fourth-order valence-corrected chi connectivity index (χ4v) is 3.64. The summed E-state index contributed by atoms with van der Waals surface area (Å²) in [5.41, 5.74) is -1.84. The van der Waals surface area contributed by atoms with Crippen molar-refractivity contribution in [3.63, 3.8) is 0 Å². The van der Waals surface area contributed by atoms with E-state index in [9.17, 15) is 27.6 Å². The van der Waals surface area contributed by atoms with Gasteiger partial charge in [0.05, 0.1) is 33.3 Å². The van der Waals surface area contributed by atoms with Crippen LogP contribution < -0.4 is 10.5 Å². The number of amides is 2. The van der Waals surface area contributed by atoms with Crippen LogP contribution in [0.2, 0.25) is 0 Å². The molecule has 0 radical (unpaired) electrons. The van der Waals surface area contributed by atoms with Gasteiger partial charge in [0.2, 0.25) is 5.89 Å². The SMILES string of the molecule is O=C1c2ccc(-c3nc4ccccc4c(=O)o3)cc2C(=O)N1c1ccccc1C(F)(F)F. The van der Waals surface area contributed by atoms with Crippen LogP contribution in [-0.4, -0.2) is 16.8 Å². The maximum atomic E-state index is 13.4. The number of benzene rings is 3. The van der Waals surface area contributed by atoms with Crippen LogP contribution in [-0.2, 0) is 6.18 Å². The average molecular weight is 436 g/mol. The normalized spacial score (nSPS) is 13.7. The fourth-order valence-electron chi connectivity index (χ4n) is 3.64. The van der Waals surface area contributed by atoms with Crippen molar-refractivity contribution in [1.29, 1.82) is 0 Å². The first-order valence-corrected chi connectivity index (χ1v) is 9.35. The molecule has 0 unspecified atom stereocenters. The third-order valence-corrected chi connectivity index (χ3v) is 5.12. The standard InChI is InChI=1S/C23H11F3N2O4/c24-23(25,26)16-6-2-4-8-18(16)28-20(29)13-10-9-12(11-15(13)21(28)30)19-27-17-7-3-1-5-14(17)22(31)32-19/h1-11H. The molecule has 9 heteroatoms. The summed E-state index contributed by atoms with van der Waals surface area (Å²) in [6.07, 6.45) is -4.75. The second-order valence-corrected chi connectivity index (χ2v) is 7.04. The predicted octanol–water partition coefficient (Wildman–Crippen LogP) is 4.67. The van der Waals surface area contributed by atoms with E-state index in [0.717, 1.165) is 12.1 Å². The molecule has 0 spiro atoms. The molecule has 3 aromatic carbocycles. The van der Waals surface area contributed by atoms with E-state index in [1.54, 1.807) is 24.3 Å². The fraction of sp³-hybridized carbons (Fsp3) is 0.0435. The zero-order valence-corrected chi connectivity index (χ0v) is 16.0. The van der Waals surface area contributed by atoms with Gasteiger partial charge in [-0.1, -0.05) is 24.3 Å². The molecule has 158 valence electrons. The van der Waals surface area contributed by atoms with E-state index in [0.29, 0.717) is 10.4 Å². The zero-order valence-electron chi connectivity index (χ0n) is 16.0. The van der Waals surface area contributed by atoms with Crippen LogP contribution >= 0.6 is 0 Å². The number of halogens is 3. The summed E-state index contributed by atoms with van der Waals surface area (Å²) in [4.78, 5) is 42.8. The minimum absolute atomic E-state index is 0.0566. The summed E-state index contributed by atoms with van der Waals surface area (Å²) in [5.74, 6) is -1.86. The minimum atomic E-state index is -4.75. The lowest BCUT2D eigenvalue weighted by Crippen LogP contribution is -2.31. The van der Waals surface area contributed by atoms with Crippen molar-refractivity contribution < 1.29 is 27.2 Å². The van der Waals surface area contributed by atoms with Gasteiger partial charge in [-0.2, -0.15) is 13.2 Å². The highest BCUT2D eigenvalue weighted by molar-refractivity contribution is 6.34. The Hall–Kier alpha value is -4.27. The van der Waals surface area contributed by atoms with Crippen molar-refractivity contribution in [3.8, 4) is 11.5 Å². The van der Waals surface area contributed by atoms with Crippen molar-refractivity contribution in [3.05, 3.63) is 93.8 Å². The van der Waals surface area contributed by atoms with Crippen LogP contribution in [0.1, 0.15) is 26.3 Å². The van der Waals surface area contributed by atoms with Crippen LogP contribution in [0, 0.1) is 0 Å². The van der Waals surface area contributed by atoms with Gasteiger partial charge in [-0.3, -0.25) is 9.59 Å². The lowest BCUT2D eigenvalue weighted by atomic mass is 10.1. The van der Waals surface area contributed by atoms with Gasteiger partial charge in [0.15, 0.2) is 0 Å². The summed E-state index contributed by atoms with van der Waals surface area (Å²) < 4.78 is 45.6. The second kappa shape index (κ2) is 6.88. The monoisotopic (exact) mass is 436 g/mol. The Bertz CT molecular complexity index is 1490. The molecule has 1 aliphatic heterocycles. The molecule has 0 atom stereocenters. The van der Waals surface area contributed by atoms with Crippen molar-refractivity contribution in [2.24, 2.45) is 0 Å². The number of alkyl halides is 3. The molecule has 0 saturated carbocycles. The van der Waals surface area contributed by atoms with Crippen LogP contribution in [0.25, 0.3) is 22.4 Å². The third kappa shape index (κ3) is 2.97. The molecule has 0 N–H and O–H groups in total. The smallest absolute Gasteiger partial charge is 0.403 e. The van der Waals surface area contributed by atoms with Gasteiger partial charge in [0.1, 0.15) is 0 Å². The zero-order chi connectivity index (χ0) is 22.6. The van der Waals surface area contributed by atoms with E-state index in [-0.39, 0.29) is 28.0 Å². The second-order valence-electron chi connectivity index (χ2n) is 7.04. The highest BCUT2D eigenvalue weighted by Crippen LogP contribution is 2.39. The molecule has 0 bridgehead atoms. The van der Waals surface area contributed by atoms with Gasteiger partial charge in [-0.25, -0.2) is 14.7 Å². The van der Waals surface area contributed by atoms with E-state index in [2.05, 4.69) is 4.98 Å².